The highest BCUT2D eigenvalue weighted by Gasteiger charge is 2.40. The molecule has 0 saturated heterocycles. The van der Waals surface area contributed by atoms with Gasteiger partial charge in [0.25, 0.3) is 0 Å². The van der Waals surface area contributed by atoms with Crippen molar-refractivity contribution in [2.75, 3.05) is 0 Å². The van der Waals surface area contributed by atoms with Crippen molar-refractivity contribution in [2.45, 2.75) is 24.9 Å². The van der Waals surface area contributed by atoms with Crippen molar-refractivity contribution in [1.82, 2.24) is 0 Å². The van der Waals surface area contributed by atoms with Gasteiger partial charge in [-0.15, -0.1) is 0 Å². The lowest BCUT2D eigenvalue weighted by Crippen LogP contribution is -2.30. The van der Waals surface area contributed by atoms with Crippen LogP contribution < -0.4 is 0 Å². The molecule has 1 aromatic carbocycles. The van der Waals surface area contributed by atoms with Gasteiger partial charge in [-0.2, -0.15) is 0 Å². The smallest absolute Gasteiger partial charge is 0.170 e. The first-order chi connectivity index (χ1) is 9.68. The van der Waals surface area contributed by atoms with Crippen LogP contribution in [0.2, 0.25) is 0 Å². The minimum atomic E-state index is -1.23. The predicted molar refractivity (Wildman–Crippen MR) is 70.8 cm³/mol. The summed E-state index contributed by atoms with van der Waals surface area (Å²) in [6.07, 6.45) is 3.72. The molecule has 20 heavy (non-hydrogen) atoms. The van der Waals surface area contributed by atoms with Crippen LogP contribution in [0.5, 0.6) is 0 Å². The zero-order valence-electron chi connectivity index (χ0n) is 10.7. The zero-order valence-corrected chi connectivity index (χ0v) is 10.7. The van der Waals surface area contributed by atoms with Gasteiger partial charge in [-0.1, -0.05) is 12.1 Å². The Kier molecular flexibility index (Phi) is 2.32. The molecule has 3 aromatic rings. The van der Waals surface area contributed by atoms with Crippen LogP contribution in [0, 0.1) is 5.82 Å². The summed E-state index contributed by atoms with van der Waals surface area (Å²) in [4.78, 5) is 0. The second-order valence-electron chi connectivity index (χ2n) is 5.24. The fraction of sp³-hybridized carbons (Fsp3) is 0.250. The van der Waals surface area contributed by atoms with Crippen LogP contribution in [0.3, 0.4) is 0 Å². The molecule has 0 fully saturated rings. The van der Waals surface area contributed by atoms with Crippen molar-refractivity contribution in [3.8, 4) is 0 Å². The third-order valence-electron chi connectivity index (χ3n) is 4.04. The number of para-hydroxylation sites is 1. The first kappa shape index (κ1) is 11.7. The van der Waals surface area contributed by atoms with Crippen molar-refractivity contribution >= 4 is 11.0 Å². The highest BCUT2D eigenvalue weighted by atomic mass is 19.1. The third-order valence-corrected chi connectivity index (χ3v) is 4.04. The Labute approximate surface area is 114 Å². The van der Waals surface area contributed by atoms with Crippen molar-refractivity contribution < 1.29 is 18.3 Å². The maximum atomic E-state index is 13.7. The number of furan rings is 2. The van der Waals surface area contributed by atoms with Gasteiger partial charge in [0.2, 0.25) is 0 Å². The molecular weight excluding hydrogens is 259 g/mol. The van der Waals surface area contributed by atoms with Crippen LogP contribution in [0.4, 0.5) is 4.39 Å². The van der Waals surface area contributed by atoms with E-state index in [1.54, 1.807) is 30.5 Å². The maximum Gasteiger partial charge on any atom is 0.170 e. The van der Waals surface area contributed by atoms with E-state index in [1.165, 1.54) is 6.07 Å². The van der Waals surface area contributed by atoms with Crippen LogP contribution in [-0.4, -0.2) is 5.11 Å². The average molecular weight is 272 g/mol. The predicted octanol–water partition coefficient (Wildman–Crippen LogP) is 3.74. The van der Waals surface area contributed by atoms with Crippen molar-refractivity contribution in [3.05, 3.63) is 59.5 Å². The van der Waals surface area contributed by atoms with E-state index in [9.17, 15) is 9.50 Å². The van der Waals surface area contributed by atoms with E-state index < -0.39 is 11.4 Å². The van der Waals surface area contributed by atoms with Crippen LogP contribution in [0.15, 0.2) is 45.4 Å². The lowest BCUT2D eigenvalue weighted by Gasteiger charge is -2.29. The average Bonchev–Trinajstić information content (AvgIpc) is 3.06. The number of hydrogen-bond acceptors (Lipinski definition) is 3. The fourth-order valence-electron chi connectivity index (χ4n) is 3.03. The summed E-state index contributed by atoms with van der Waals surface area (Å²) >= 11 is 0. The zero-order chi connectivity index (χ0) is 13.7. The van der Waals surface area contributed by atoms with Crippen molar-refractivity contribution in [1.29, 1.82) is 0 Å². The van der Waals surface area contributed by atoms with E-state index in [0.717, 1.165) is 24.2 Å². The molecule has 2 aromatic heterocycles. The van der Waals surface area contributed by atoms with Gasteiger partial charge < -0.3 is 13.9 Å². The first-order valence-corrected chi connectivity index (χ1v) is 6.66. The number of hydrogen-bond donors (Lipinski definition) is 1. The summed E-state index contributed by atoms with van der Waals surface area (Å²) in [7, 11) is 0. The molecule has 0 radical (unpaired) electrons. The summed E-state index contributed by atoms with van der Waals surface area (Å²) < 4.78 is 24.7. The molecule has 4 heteroatoms. The minimum Gasteiger partial charge on any atom is -0.469 e. The summed E-state index contributed by atoms with van der Waals surface area (Å²) in [5.41, 5.74) is -0.318. The van der Waals surface area contributed by atoms with E-state index in [1.807, 2.05) is 0 Å². The van der Waals surface area contributed by atoms with Gasteiger partial charge in [0.05, 0.1) is 6.26 Å². The Hall–Kier alpha value is -2.07. The quantitative estimate of drug-likeness (QED) is 0.734. The van der Waals surface area contributed by atoms with Crippen LogP contribution >= 0.6 is 0 Å². The molecule has 0 spiro atoms. The minimum absolute atomic E-state index is 0.187. The van der Waals surface area contributed by atoms with E-state index in [-0.39, 0.29) is 5.58 Å². The summed E-state index contributed by atoms with van der Waals surface area (Å²) in [6, 6.07) is 8.22. The topological polar surface area (TPSA) is 46.5 Å². The van der Waals surface area contributed by atoms with E-state index >= 15 is 0 Å². The standard InChI is InChI=1S/C16H13FO3/c17-12-4-1-3-10-9-14(20-15(10)12)16(18)7-2-5-13-11(16)6-8-19-13/h1,3-4,6,8-9,18H,2,5,7H2. The molecule has 0 amide bonds. The molecule has 1 aliphatic rings. The molecule has 2 heterocycles. The van der Waals surface area contributed by atoms with Crippen LogP contribution in [0.25, 0.3) is 11.0 Å². The molecule has 1 atom stereocenters. The second kappa shape index (κ2) is 3.96. The van der Waals surface area contributed by atoms with Crippen molar-refractivity contribution in [3.63, 3.8) is 0 Å². The van der Waals surface area contributed by atoms with Gasteiger partial charge in [0, 0.05) is 17.4 Å². The lowest BCUT2D eigenvalue weighted by molar-refractivity contribution is 0.0382. The molecule has 0 aliphatic heterocycles. The molecule has 0 saturated carbocycles. The number of aliphatic hydroxyl groups is 1. The maximum absolute atomic E-state index is 13.7. The molecule has 102 valence electrons. The molecule has 1 unspecified atom stereocenters. The van der Waals surface area contributed by atoms with Gasteiger partial charge in [0.15, 0.2) is 17.0 Å². The van der Waals surface area contributed by atoms with Gasteiger partial charge >= 0.3 is 0 Å². The van der Waals surface area contributed by atoms with Gasteiger partial charge in [-0.3, -0.25) is 0 Å². The number of aryl methyl sites for hydroxylation is 1. The first-order valence-electron chi connectivity index (χ1n) is 6.66. The molecule has 3 nitrogen and oxygen atoms in total. The van der Waals surface area contributed by atoms with Gasteiger partial charge in [0.1, 0.15) is 11.5 Å². The van der Waals surface area contributed by atoms with Gasteiger partial charge in [-0.05, 0) is 31.0 Å². The number of fused-ring (bicyclic) bond motifs is 2. The number of halogens is 1. The summed E-state index contributed by atoms with van der Waals surface area (Å²) in [6.45, 7) is 0. The van der Waals surface area contributed by atoms with Crippen LogP contribution in [0.1, 0.15) is 29.9 Å². The van der Waals surface area contributed by atoms with E-state index in [2.05, 4.69) is 0 Å². The highest BCUT2D eigenvalue weighted by molar-refractivity contribution is 5.78. The fourth-order valence-corrected chi connectivity index (χ4v) is 3.03. The lowest BCUT2D eigenvalue weighted by atomic mass is 9.81. The number of rotatable bonds is 1. The Morgan fingerprint density at radius 2 is 2.15 bits per heavy atom. The normalized spacial score (nSPS) is 22.1. The van der Waals surface area contributed by atoms with Gasteiger partial charge in [-0.25, -0.2) is 4.39 Å². The molecule has 4 rings (SSSR count). The van der Waals surface area contributed by atoms with E-state index in [4.69, 9.17) is 8.83 Å². The third kappa shape index (κ3) is 1.48. The summed E-state index contributed by atoms with van der Waals surface area (Å²) in [5.74, 6) is 0.736. The Morgan fingerprint density at radius 3 is 3.00 bits per heavy atom. The Morgan fingerprint density at radius 1 is 1.25 bits per heavy atom. The van der Waals surface area contributed by atoms with Crippen LogP contribution in [-0.2, 0) is 12.0 Å². The second-order valence-corrected chi connectivity index (χ2v) is 5.24. The summed E-state index contributed by atoms with van der Waals surface area (Å²) in [5, 5.41) is 11.7. The SMILES string of the molecule is OC1(c2cc3cccc(F)c3o2)CCCc2occc21. The Balaban J connectivity index is 1.93. The number of benzene rings is 1. The molecule has 1 aliphatic carbocycles. The van der Waals surface area contributed by atoms with E-state index in [0.29, 0.717) is 17.6 Å². The van der Waals surface area contributed by atoms with Crippen molar-refractivity contribution in [2.24, 2.45) is 0 Å². The molecule has 0 bridgehead atoms. The molecule has 1 N–H and O–H groups in total. The largest absolute Gasteiger partial charge is 0.469 e. The monoisotopic (exact) mass is 272 g/mol. The molecular formula is C16H13FO3. The Bertz CT molecular complexity index is 786. The highest BCUT2D eigenvalue weighted by Crippen LogP contribution is 2.43.